The lowest BCUT2D eigenvalue weighted by molar-refractivity contribution is 0.00414. The largest absolute Gasteiger partial charge is 0.406 e. The van der Waals surface area contributed by atoms with Gasteiger partial charge in [0.1, 0.15) is 6.61 Å². The second-order valence-corrected chi connectivity index (χ2v) is 10.0. The minimum Gasteiger partial charge on any atom is -0.406 e. The van der Waals surface area contributed by atoms with Crippen LogP contribution in [0, 0.1) is 11.8 Å². The summed E-state index contributed by atoms with van der Waals surface area (Å²) in [5, 5.41) is 8.33. The third-order valence-corrected chi connectivity index (χ3v) is 7.26. The number of hydrogen-bond donors (Lipinski definition) is 1. The molecule has 0 aromatic rings. The Hall–Kier alpha value is -0.443. The molecule has 1 N–H and O–H groups in total. The van der Waals surface area contributed by atoms with Gasteiger partial charge in [-0.25, -0.2) is 0 Å². The standard InChI is InChI=1S/C11H20F2O2Si/c1-10(2,3)16(4,5)15-8-6-7-11(12,13)9-14/h14H,8-9H2,1-5H3. The van der Waals surface area contributed by atoms with Crippen molar-refractivity contribution in [2.75, 3.05) is 13.2 Å². The molecule has 0 aromatic carbocycles. The van der Waals surface area contributed by atoms with Crippen LogP contribution in [0.15, 0.2) is 0 Å². The first-order valence-electron chi connectivity index (χ1n) is 5.14. The van der Waals surface area contributed by atoms with Gasteiger partial charge < -0.3 is 9.53 Å². The molecule has 0 rings (SSSR count). The van der Waals surface area contributed by atoms with Crippen molar-refractivity contribution in [3.63, 3.8) is 0 Å². The van der Waals surface area contributed by atoms with Gasteiger partial charge in [-0.05, 0) is 24.1 Å². The van der Waals surface area contributed by atoms with Crippen LogP contribution in [-0.2, 0) is 4.43 Å². The highest BCUT2D eigenvalue weighted by atomic mass is 28.4. The van der Waals surface area contributed by atoms with E-state index in [0.717, 1.165) is 0 Å². The SMILES string of the molecule is CC(C)(C)[Si](C)(C)OCC#CC(F)(F)CO. The number of rotatable bonds is 3. The quantitative estimate of drug-likeness (QED) is 0.616. The Morgan fingerprint density at radius 2 is 1.75 bits per heavy atom. The lowest BCUT2D eigenvalue weighted by Crippen LogP contribution is -2.40. The molecule has 2 nitrogen and oxygen atoms in total. The van der Waals surface area contributed by atoms with Crippen LogP contribution in [0.5, 0.6) is 0 Å². The predicted molar refractivity (Wildman–Crippen MR) is 63.0 cm³/mol. The minimum absolute atomic E-state index is 0.00785. The van der Waals surface area contributed by atoms with Gasteiger partial charge in [-0.15, -0.1) is 0 Å². The Labute approximate surface area is 97.1 Å². The van der Waals surface area contributed by atoms with Crippen LogP contribution in [-0.4, -0.2) is 32.6 Å². The molecule has 0 aromatic heterocycles. The van der Waals surface area contributed by atoms with E-state index in [4.69, 9.17) is 9.53 Å². The van der Waals surface area contributed by atoms with Gasteiger partial charge in [0, 0.05) is 0 Å². The molecule has 0 unspecified atom stereocenters. The molecular formula is C11H20F2O2Si. The van der Waals surface area contributed by atoms with Crippen LogP contribution >= 0.6 is 0 Å². The summed E-state index contributed by atoms with van der Waals surface area (Å²) in [5.41, 5.74) is 0. The molecule has 0 aliphatic heterocycles. The normalized spacial score (nSPS) is 13.2. The van der Waals surface area contributed by atoms with E-state index in [0.29, 0.717) is 0 Å². The molecule has 0 atom stereocenters. The van der Waals surface area contributed by atoms with Crippen molar-refractivity contribution in [1.29, 1.82) is 0 Å². The van der Waals surface area contributed by atoms with Crippen molar-refractivity contribution in [2.24, 2.45) is 0 Å². The Balaban J connectivity index is 4.29. The van der Waals surface area contributed by atoms with Gasteiger partial charge in [-0.2, -0.15) is 8.78 Å². The Kier molecular flexibility index (Phi) is 5.11. The van der Waals surface area contributed by atoms with Crippen LogP contribution in [0.25, 0.3) is 0 Å². The molecule has 0 radical (unpaired) electrons. The first-order chi connectivity index (χ1) is 7.02. The van der Waals surface area contributed by atoms with Crippen molar-refractivity contribution >= 4 is 8.32 Å². The molecule has 94 valence electrons. The summed E-state index contributed by atoms with van der Waals surface area (Å²) in [6.07, 6.45) is 0. The fourth-order valence-electron chi connectivity index (χ4n) is 0.638. The summed E-state index contributed by atoms with van der Waals surface area (Å²) in [4.78, 5) is 0. The summed E-state index contributed by atoms with van der Waals surface area (Å²) in [7, 11) is -1.92. The van der Waals surface area contributed by atoms with E-state index in [1.54, 1.807) is 5.92 Å². The third kappa shape index (κ3) is 5.06. The zero-order valence-electron chi connectivity index (χ0n) is 10.5. The fourth-order valence-corrected chi connectivity index (χ4v) is 1.50. The zero-order valence-corrected chi connectivity index (χ0v) is 11.5. The number of halogens is 2. The third-order valence-electron chi connectivity index (χ3n) is 2.78. The molecule has 0 saturated carbocycles. The van der Waals surface area contributed by atoms with Crippen LogP contribution in [0.3, 0.4) is 0 Å². The summed E-state index contributed by atoms with van der Waals surface area (Å²) < 4.78 is 30.7. The van der Waals surface area contributed by atoms with Gasteiger partial charge in [0.15, 0.2) is 8.32 Å². The van der Waals surface area contributed by atoms with E-state index in [1.807, 2.05) is 13.1 Å². The number of aliphatic hydroxyl groups is 1. The van der Waals surface area contributed by atoms with Crippen LogP contribution < -0.4 is 0 Å². The van der Waals surface area contributed by atoms with Crippen LogP contribution in [0.1, 0.15) is 20.8 Å². The number of aliphatic hydroxyl groups excluding tert-OH is 1. The molecule has 0 aliphatic rings. The summed E-state index contributed by atoms with van der Waals surface area (Å²) >= 11 is 0. The maximum atomic E-state index is 12.5. The highest BCUT2D eigenvalue weighted by molar-refractivity contribution is 6.74. The Morgan fingerprint density at radius 1 is 1.25 bits per heavy atom. The average Bonchev–Trinajstić information content (AvgIpc) is 2.11. The lowest BCUT2D eigenvalue weighted by Gasteiger charge is -2.35. The monoisotopic (exact) mass is 250 g/mol. The topological polar surface area (TPSA) is 29.5 Å². The molecule has 0 heterocycles. The van der Waals surface area contributed by atoms with Crippen molar-refractivity contribution < 1.29 is 18.3 Å². The summed E-state index contributed by atoms with van der Waals surface area (Å²) in [6.45, 7) is 8.99. The molecule has 0 bridgehead atoms. The molecule has 0 fully saturated rings. The lowest BCUT2D eigenvalue weighted by atomic mass is 10.2. The number of hydrogen-bond acceptors (Lipinski definition) is 2. The number of alkyl halides is 2. The van der Waals surface area contributed by atoms with Gasteiger partial charge in [-0.3, -0.25) is 0 Å². The highest BCUT2D eigenvalue weighted by Gasteiger charge is 2.36. The molecule has 0 spiro atoms. The first-order valence-corrected chi connectivity index (χ1v) is 8.05. The van der Waals surface area contributed by atoms with Gasteiger partial charge >= 0.3 is 5.92 Å². The first kappa shape index (κ1) is 15.6. The smallest absolute Gasteiger partial charge is 0.330 e. The van der Waals surface area contributed by atoms with Crippen molar-refractivity contribution in [3.8, 4) is 11.8 Å². The maximum Gasteiger partial charge on any atom is 0.330 e. The van der Waals surface area contributed by atoms with Crippen LogP contribution in [0.4, 0.5) is 8.78 Å². The molecule has 0 amide bonds. The van der Waals surface area contributed by atoms with E-state index in [9.17, 15) is 8.78 Å². The van der Waals surface area contributed by atoms with Gasteiger partial charge in [0.05, 0.1) is 6.61 Å². The van der Waals surface area contributed by atoms with Crippen molar-refractivity contribution in [3.05, 3.63) is 0 Å². The highest BCUT2D eigenvalue weighted by Crippen LogP contribution is 2.36. The summed E-state index contributed by atoms with van der Waals surface area (Å²) in [6, 6.07) is 0. The Morgan fingerprint density at radius 3 is 2.12 bits per heavy atom. The van der Waals surface area contributed by atoms with Crippen molar-refractivity contribution in [1.82, 2.24) is 0 Å². The minimum atomic E-state index is -3.32. The van der Waals surface area contributed by atoms with Gasteiger partial charge in [0.2, 0.25) is 0 Å². The Bertz CT molecular complexity index is 285. The molecule has 0 aliphatic carbocycles. The second kappa shape index (κ2) is 5.26. The summed E-state index contributed by atoms with van der Waals surface area (Å²) in [5.74, 6) is 0.631. The maximum absolute atomic E-state index is 12.5. The molecular weight excluding hydrogens is 230 g/mol. The fraction of sp³-hybridized carbons (Fsp3) is 0.818. The van der Waals surface area contributed by atoms with Crippen LogP contribution in [0.2, 0.25) is 18.1 Å². The predicted octanol–water partition coefficient (Wildman–Crippen LogP) is 2.64. The molecule has 16 heavy (non-hydrogen) atoms. The molecule has 0 saturated heterocycles. The van der Waals surface area contributed by atoms with E-state index >= 15 is 0 Å². The average molecular weight is 250 g/mol. The van der Waals surface area contributed by atoms with E-state index in [-0.39, 0.29) is 11.6 Å². The van der Waals surface area contributed by atoms with E-state index in [1.165, 1.54) is 0 Å². The van der Waals surface area contributed by atoms with Gasteiger partial charge in [-0.1, -0.05) is 26.7 Å². The zero-order chi connectivity index (χ0) is 13.0. The van der Waals surface area contributed by atoms with E-state index in [2.05, 4.69) is 26.7 Å². The second-order valence-electron chi connectivity index (χ2n) is 5.21. The van der Waals surface area contributed by atoms with E-state index < -0.39 is 20.8 Å². The van der Waals surface area contributed by atoms with Gasteiger partial charge in [0.25, 0.3) is 0 Å². The molecule has 5 heteroatoms. The van der Waals surface area contributed by atoms with Crippen molar-refractivity contribution in [2.45, 2.75) is 44.8 Å².